The maximum atomic E-state index is 12.5. The van der Waals surface area contributed by atoms with E-state index in [1.807, 2.05) is 30.3 Å². The van der Waals surface area contributed by atoms with E-state index >= 15 is 0 Å². The van der Waals surface area contributed by atoms with Crippen LogP contribution in [0.3, 0.4) is 0 Å². The zero-order chi connectivity index (χ0) is 9.10. The Morgan fingerprint density at radius 2 is 2.00 bits per heavy atom. The highest BCUT2D eigenvalue weighted by atomic mass is 19.1. The molecule has 2 rings (SSSR count). The highest BCUT2D eigenvalue weighted by Gasteiger charge is 1.96. The van der Waals surface area contributed by atoms with Crippen molar-refractivity contribution in [1.82, 2.24) is 9.78 Å². The normalized spacial score (nSPS) is 10.2. The average Bonchev–Trinajstić information content (AvgIpc) is 2.53. The van der Waals surface area contributed by atoms with Crippen molar-refractivity contribution >= 4 is 0 Å². The van der Waals surface area contributed by atoms with Gasteiger partial charge < -0.3 is 0 Å². The van der Waals surface area contributed by atoms with Gasteiger partial charge in [-0.3, -0.25) is 4.68 Å². The van der Waals surface area contributed by atoms with Gasteiger partial charge in [0, 0.05) is 0 Å². The largest absolute Gasteiger partial charge is 0.265 e. The molecule has 1 aromatic heterocycles. The number of aromatic nitrogens is 2. The van der Waals surface area contributed by atoms with Gasteiger partial charge in [-0.2, -0.15) is 5.10 Å². The SMILES string of the molecule is Fc1cnn(Cc2ccccc2)c1. The molecule has 2 nitrogen and oxygen atoms in total. The lowest BCUT2D eigenvalue weighted by atomic mass is 10.2. The molecule has 0 aliphatic heterocycles. The summed E-state index contributed by atoms with van der Waals surface area (Å²) in [4.78, 5) is 0. The van der Waals surface area contributed by atoms with Gasteiger partial charge in [-0.05, 0) is 5.56 Å². The number of rotatable bonds is 2. The third-order valence-corrected chi connectivity index (χ3v) is 1.79. The second kappa shape index (κ2) is 3.39. The summed E-state index contributed by atoms with van der Waals surface area (Å²) in [7, 11) is 0. The lowest BCUT2D eigenvalue weighted by Gasteiger charge is -1.99. The summed E-state index contributed by atoms with van der Waals surface area (Å²) >= 11 is 0. The highest BCUT2D eigenvalue weighted by molar-refractivity contribution is 5.14. The van der Waals surface area contributed by atoms with Gasteiger partial charge in [0.1, 0.15) is 0 Å². The van der Waals surface area contributed by atoms with Crippen molar-refractivity contribution in [3.63, 3.8) is 0 Å². The summed E-state index contributed by atoms with van der Waals surface area (Å²) < 4.78 is 14.1. The molecule has 0 unspecified atom stereocenters. The Morgan fingerprint density at radius 1 is 1.23 bits per heavy atom. The van der Waals surface area contributed by atoms with Crippen LogP contribution >= 0.6 is 0 Å². The van der Waals surface area contributed by atoms with Gasteiger partial charge in [0.25, 0.3) is 0 Å². The van der Waals surface area contributed by atoms with E-state index in [4.69, 9.17) is 0 Å². The molecule has 0 fully saturated rings. The first-order valence-electron chi connectivity index (χ1n) is 4.06. The van der Waals surface area contributed by atoms with E-state index < -0.39 is 0 Å². The zero-order valence-electron chi connectivity index (χ0n) is 7.02. The molecule has 0 aliphatic rings. The predicted molar refractivity (Wildman–Crippen MR) is 47.7 cm³/mol. The molecule has 0 N–H and O–H groups in total. The molecule has 0 saturated carbocycles. The summed E-state index contributed by atoms with van der Waals surface area (Å²) in [6.07, 6.45) is 2.59. The van der Waals surface area contributed by atoms with E-state index in [1.54, 1.807) is 4.68 Å². The summed E-state index contributed by atoms with van der Waals surface area (Å²) in [5, 5.41) is 3.85. The quantitative estimate of drug-likeness (QED) is 0.685. The van der Waals surface area contributed by atoms with E-state index in [0.29, 0.717) is 6.54 Å². The Bertz CT molecular complexity index is 381. The fourth-order valence-corrected chi connectivity index (χ4v) is 1.20. The molecule has 66 valence electrons. The van der Waals surface area contributed by atoms with Crippen LogP contribution < -0.4 is 0 Å². The van der Waals surface area contributed by atoms with Crippen molar-refractivity contribution < 1.29 is 4.39 Å². The van der Waals surface area contributed by atoms with Crippen LogP contribution in [0.4, 0.5) is 4.39 Å². The fourth-order valence-electron chi connectivity index (χ4n) is 1.20. The van der Waals surface area contributed by atoms with Gasteiger partial charge >= 0.3 is 0 Å². The van der Waals surface area contributed by atoms with Crippen molar-refractivity contribution in [2.45, 2.75) is 6.54 Å². The van der Waals surface area contributed by atoms with Crippen LogP contribution in [0, 0.1) is 5.82 Å². The molecular formula is C10H9FN2. The maximum absolute atomic E-state index is 12.5. The maximum Gasteiger partial charge on any atom is 0.161 e. The number of hydrogen-bond donors (Lipinski definition) is 0. The van der Waals surface area contributed by atoms with Crippen molar-refractivity contribution in [2.24, 2.45) is 0 Å². The Kier molecular flexibility index (Phi) is 2.08. The van der Waals surface area contributed by atoms with Crippen LogP contribution in [0.2, 0.25) is 0 Å². The molecule has 1 aromatic carbocycles. The minimum atomic E-state index is -0.295. The summed E-state index contributed by atoms with van der Waals surface area (Å²) in [5.74, 6) is -0.295. The van der Waals surface area contributed by atoms with E-state index in [2.05, 4.69) is 5.10 Å². The molecule has 3 heteroatoms. The monoisotopic (exact) mass is 176 g/mol. The van der Waals surface area contributed by atoms with Gasteiger partial charge in [-0.15, -0.1) is 0 Å². The van der Waals surface area contributed by atoms with E-state index in [0.717, 1.165) is 5.56 Å². The van der Waals surface area contributed by atoms with Crippen LogP contribution in [-0.4, -0.2) is 9.78 Å². The van der Waals surface area contributed by atoms with Gasteiger partial charge in [0.2, 0.25) is 0 Å². The second-order valence-corrected chi connectivity index (χ2v) is 2.84. The molecule has 0 radical (unpaired) electrons. The molecule has 0 saturated heterocycles. The third kappa shape index (κ3) is 1.93. The Labute approximate surface area is 75.6 Å². The first-order valence-corrected chi connectivity index (χ1v) is 4.06. The lowest BCUT2D eigenvalue weighted by Crippen LogP contribution is -1.99. The summed E-state index contributed by atoms with van der Waals surface area (Å²) in [5.41, 5.74) is 1.12. The molecular weight excluding hydrogens is 167 g/mol. The highest BCUT2D eigenvalue weighted by Crippen LogP contribution is 2.02. The zero-order valence-corrected chi connectivity index (χ0v) is 7.02. The Hall–Kier alpha value is -1.64. The van der Waals surface area contributed by atoms with Crippen molar-refractivity contribution in [3.8, 4) is 0 Å². The smallest absolute Gasteiger partial charge is 0.161 e. The standard InChI is InChI=1S/C10H9FN2/c11-10-6-12-13(8-10)7-9-4-2-1-3-5-9/h1-6,8H,7H2. The van der Waals surface area contributed by atoms with Crippen LogP contribution in [0.25, 0.3) is 0 Å². The second-order valence-electron chi connectivity index (χ2n) is 2.84. The van der Waals surface area contributed by atoms with Gasteiger partial charge in [-0.1, -0.05) is 30.3 Å². The first-order chi connectivity index (χ1) is 6.34. The molecule has 1 heterocycles. The van der Waals surface area contributed by atoms with Crippen LogP contribution in [0.1, 0.15) is 5.56 Å². The molecule has 0 atom stereocenters. The number of halogens is 1. The van der Waals surface area contributed by atoms with Gasteiger partial charge in [0.05, 0.1) is 18.9 Å². The van der Waals surface area contributed by atoms with Crippen molar-refractivity contribution in [3.05, 3.63) is 54.1 Å². The van der Waals surface area contributed by atoms with Crippen LogP contribution in [0.5, 0.6) is 0 Å². The molecule has 0 amide bonds. The molecule has 13 heavy (non-hydrogen) atoms. The van der Waals surface area contributed by atoms with Gasteiger partial charge in [0.15, 0.2) is 5.82 Å². The average molecular weight is 176 g/mol. The minimum Gasteiger partial charge on any atom is -0.265 e. The van der Waals surface area contributed by atoms with Crippen molar-refractivity contribution in [2.75, 3.05) is 0 Å². The van der Waals surface area contributed by atoms with Crippen LogP contribution in [0.15, 0.2) is 42.7 Å². The van der Waals surface area contributed by atoms with E-state index in [-0.39, 0.29) is 5.82 Å². The minimum absolute atomic E-state index is 0.295. The van der Waals surface area contributed by atoms with E-state index in [1.165, 1.54) is 12.4 Å². The molecule has 0 bridgehead atoms. The molecule has 0 spiro atoms. The van der Waals surface area contributed by atoms with Gasteiger partial charge in [-0.25, -0.2) is 4.39 Å². The third-order valence-electron chi connectivity index (χ3n) is 1.79. The summed E-state index contributed by atoms with van der Waals surface area (Å²) in [6, 6.07) is 9.83. The number of benzene rings is 1. The molecule has 2 aromatic rings. The topological polar surface area (TPSA) is 17.8 Å². The number of hydrogen-bond acceptors (Lipinski definition) is 1. The Morgan fingerprint density at radius 3 is 2.62 bits per heavy atom. The lowest BCUT2D eigenvalue weighted by molar-refractivity contribution is 0.619. The number of nitrogens with zero attached hydrogens (tertiary/aromatic N) is 2. The molecule has 0 aliphatic carbocycles. The summed E-state index contributed by atoms with van der Waals surface area (Å²) in [6.45, 7) is 0.616. The first kappa shape index (κ1) is 7.98. The Balaban J connectivity index is 2.15. The van der Waals surface area contributed by atoms with Crippen LogP contribution in [-0.2, 0) is 6.54 Å². The van der Waals surface area contributed by atoms with Crippen molar-refractivity contribution in [1.29, 1.82) is 0 Å². The van der Waals surface area contributed by atoms with E-state index in [9.17, 15) is 4.39 Å². The predicted octanol–water partition coefficient (Wildman–Crippen LogP) is 2.07. The fraction of sp³-hybridized carbons (Fsp3) is 0.100.